The Morgan fingerprint density at radius 1 is 1.15 bits per heavy atom. The molecule has 1 amide bonds. The van der Waals surface area contributed by atoms with E-state index in [1.807, 2.05) is 13.8 Å². The predicted octanol–water partition coefficient (Wildman–Crippen LogP) is 3.90. The van der Waals surface area contributed by atoms with Gasteiger partial charge in [0.1, 0.15) is 0 Å². The number of ether oxygens (including phenoxy) is 1. The second-order valence-corrected chi connectivity index (χ2v) is 9.00. The van der Waals surface area contributed by atoms with E-state index in [-0.39, 0.29) is 23.5 Å². The summed E-state index contributed by atoms with van der Waals surface area (Å²) >= 11 is 0. The van der Waals surface area contributed by atoms with E-state index in [4.69, 9.17) is 4.74 Å². The van der Waals surface area contributed by atoms with Crippen molar-refractivity contribution in [2.75, 3.05) is 19.6 Å². The van der Waals surface area contributed by atoms with Crippen molar-refractivity contribution in [2.45, 2.75) is 78.6 Å². The minimum Gasteiger partial charge on any atom is -0.370 e. The number of piperidine rings is 1. The lowest BCUT2D eigenvalue weighted by atomic mass is 9.88. The van der Waals surface area contributed by atoms with Crippen molar-refractivity contribution in [3.63, 3.8) is 0 Å². The van der Waals surface area contributed by atoms with Crippen molar-refractivity contribution in [3.8, 4) is 0 Å². The molecule has 4 heteroatoms. The van der Waals surface area contributed by atoms with Crippen molar-refractivity contribution in [1.82, 2.24) is 10.2 Å². The molecule has 2 aliphatic heterocycles. The molecule has 2 fully saturated rings. The quantitative estimate of drug-likeness (QED) is 0.852. The van der Waals surface area contributed by atoms with Crippen LogP contribution >= 0.6 is 0 Å². The van der Waals surface area contributed by atoms with Crippen LogP contribution in [-0.4, -0.2) is 42.1 Å². The van der Waals surface area contributed by atoms with Crippen molar-refractivity contribution in [2.24, 2.45) is 5.92 Å². The van der Waals surface area contributed by atoms with E-state index in [0.29, 0.717) is 6.54 Å². The Labute approximate surface area is 164 Å². The van der Waals surface area contributed by atoms with Gasteiger partial charge in [-0.25, -0.2) is 0 Å². The fraction of sp³-hybridized carbons (Fsp3) is 0.696. The first-order valence-corrected chi connectivity index (χ1v) is 10.5. The lowest BCUT2D eigenvalue weighted by Crippen LogP contribution is -2.45. The number of nitrogens with one attached hydrogen (secondary N) is 1. The zero-order chi connectivity index (χ0) is 19.6. The van der Waals surface area contributed by atoms with Gasteiger partial charge in [0.2, 0.25) is 5.91 Å². The zero-order valence-electron chi connectivity index (χ0n) is 17.7. The number of aryl methyl sites for hydroxylation is 3. The van der Waals surface area contributed by atoms with Gasteiger partial charge in [-0.05, 0) is 68.7 Å². The Kier molecular flexibility index (Phi) is 6.27. The van der Waals surface area contributed by atoms with Crippen molar-refractivity contribution in [1.29, 1.82) is 0 Å². The molecule has 4 nitrogen and oxygen atoms in total. The molecule has 150 valence electrons. The Hall–Kier alpha value is -1.39. The fourth-order valence-electron chi connectivity index (χ4n) is 4.38. The first kappa shape index (κ1) is 20.3. The third kappa shape index (κ3) is 4.91. The molecule has 0 bridgehead atoms. The SMILES string of the molecule is Cc1cc(C)c(CN2CCC3(CC[C@@H](CNC(=O)C(C)C)O3)CC2)cc1C. The summed E-state index contributed by atoms with van der Waals surface area (Å²) in [6, 6.07) is 4.67. The molecule has 2 heterocycles. The predicted molar refractivity (Wildman–Crippen MR) is 110 cm³/mol. The number of amides is 1. The van der Waals surface area contributed by atoms with Crippen molar-refractivity contribution < 1.29 is 9.53 Å². The van der Waals surface area contributed by atoms with E-state index in [9.17, 15) is 4.79 Å². The molecule has 1 spiro atoms. The average Bonchev–Trinajstić information content (AvgIpc) is 3.02. The Balaban J connectivity index is 1.49. The van der Waals surface area contributed by atoms with Crippen LogP contribution in [-0.2, 0) is 16.1 Å². The number of hydrogen-bond donors (Lipinski definition) is 1. The highest BCUT2D eigenvalue weighted by molar-refractivity contribution is 5.77. The highest BCUT2D eigenvalue weighted by Crippen LogP contribution is 2.39. The summed E-state index contributed by atoms with van der Waals surface area (Å²) in [7, 11) is 0. The van der Waals surface area contributed by atoms with Crippen LogP contribution in [0.5, 0.6) is 0 Å². The van der Waals surface area contributed by atoms with E-state index in [1.165, 1.54) is 22.3 Å². The van der Waals surface area contributed by atoms with E-state index in [1.54, 1.807) is 0 Å². The molecule has 2 aliphatic rings. The number of nitrogens with zero attached hydrogens (tertiary/aromatic N) is 1. The van der Waals surface area contributed by atoms with Gasteiger partial charge in [-0.2, -0.15) is 0 Å². The molecule has 0 radical (unpaired) electrons. The summed E-state index contributed by atoms with van der Waals surface area (Å²) in [5.74, 6) is 0.163. The summed E-state index contributed by atoms with van der Waals surface area (Å²) in [5.41, 5.74) is 5.66. The molecule has 1 aromatic rings. The molecule has 0 saturated carbocycles. The maximum absolute atomic E-state index is 11.8. The number of carbonyl (C=O) groups is 1. The molecule has 1 aromatic carbocycles. The number of carbonyl (C=O) groups excluding carboxylic acids is 1. The van der Waals surface area contributed by atoms with Crippen LogP contribution in [0.4, 0.5) is 0 Å². The largest absolute Gasteiger partial charge is 0.370 e. The summed E-state index contributed by atoms with van der Waals surface area (Å²) in [4.78, 5) is 14.4. The maximum Gasteiger partial charge on any atom is 0.222 e. The Bertz CT molecular complexity index is 675. The lowest BCUT2D eigenvalue weighted by molar-refractivity contribution is -0.125. The van der Waals surface area contributed by atoms with E-state index < -0.39 is 0 Å². The van der Waals surface area contributed by atoms with Gasteiger partial charge in [0.05, 0.1) is 11.7 Å². The Morgan fingerprint density at radius 3 is 2.48 bits per heavy atom. The summed E-state index contributed by atoms with van der Waals surface area (Å²) < 4.78 is 6.44. The lowest BCUT2D eigenvalue weighted by Gasteiger charge is -2.39. The number of likely N-dealkylation sites (tertiary alicyclic amines) is 1. The number of benzene rings is 1. The monoisotopic (exact) mass is 372 g/mol. The first-order valence-electron chi connectivity index (χ1n) is 10.5. The standard InChI is InChI=1S/C23H36N2O2/c1-16(2)22(26)24-14-21-6-7-23(27-21)8-10-25(11-9-23)15-20-13-18(4)17(3)12-19(20)5/h12-13,16,21H,6-11,14-15H2,1-5H3,(H,24,26)/t21-/m0/s1. The molecular weight excluding hydrogens is 336 g/mol. The van der Waals surface area contributed by atoms with Crippen LogP contribution in [0.3, 0.4) is 0 Å². The van der Waals surface area contributed by atoms with Gasteiger partial charge in [-0.1, -0.05) is 26.0 Å². The summed E-state index contributed by atoms with van der Waals surface area (Å²) in [5, 5.41) is 3.03. The molecule has 3 rings (SSSR count). The van der Waals surface area contributed by atoms with Crippen LogP contribution in [0.2, 0.25) is 0 Å². The first-order chi connectivity index (χ1) is 12.8. The minimum atomic E-state index is 0.0393. The minimum absolute atomic E-state index is 0.0393. The second kappa shape index (κ2) is 8.32. The van der Waals surface area contributed by atoms with E-state index in [2.05, 4.69) is 43.1 Å². The van der Waals surface area contributed by atoms with Crippen molar-refractivity contribution >= 4 is 5.91 Å². The van der Waals surface area contributed by atoms with Gasteiger partial charge < -0.3 is 10.1 Å². The molecule has 1 N–H and O–H groups in total. The third-order valence-corrected chi connectivity index (χ3v) is 6.48. The highest BCUT2D eigenvalue weighted by atomic mass is 16.5. The maximum atomic E-state index is 11.8. The number of hydrogen-bond acceptors (Lipinski definition) is 3. The Morgan fingerprint density at radius 2 is 1.81 bits per heavy atom. The molecule has 1 atom stereocenters. The zero-order valence-corrected chi connectivity index (χ0v) is 17.7. The van der Waals surface area contributed by atoms with Crippen LogP contribution < -0.4 is 5.32 Å². The van der Waals surface area contributed by atoms with Gasteiger partial charge in [0, 0.05) is 32.1 Å². The molecular formula is C23H36N2O2. The average molecular weight is 373 g/mol. The van der Waals surface area contributed by atoms with Crippen molar-refractivity contribution in [3.05, 3.63) is 34.4 Å². The van der Waals surface area contributed by atoms with Gasteiger partial charge >= 0.3 is 0 Å². The molecule has 0 aliphatic carbocycles. The summed E-state index contributed by atoms with van der Waals surface area (Å²) in [6.45, 7) is 14.4. The van der Waals surface area contributed by atoms with Crippen LogP contribution in [0, 0.1) is 26.7 Å². The topological polar surface area (TPSA) is 41.6 Å². The van der Waals surface area contributed by atoms with Gasteiger partial charge in [-0.15, -0.1) is 0 Å². The molecule has 0 aromatic heterocycles. The van der Waals surface area contributed by atoms with E-state index >= 15 is 0 Å². The smallest absolute Gasteiger partial charge is 0.222 e. The molecule has 0 unspecified atom stereocenters. The van der Waals surface area contributed by atoms with E-state index in [0.717, 1.165) is 45.3 Å². The van der Waals surface area contributed by atoms with Gasteiger partial charge in [0.25, 0.3) is 0 Å². The third-order valence-electron chi connectivity index (χ3n) is 6.48. The van der Waals surface area contributed by atoms with Gasteiger partial charge in [-0.3, -0.25) is 9.69 Å². The second-order valence-electron chi connectivity index (χ2n) is 9.00. The fourth-order valence-corrected chi connectivity index (χ4v) is 4.38. The molecule has 2 saturated heterocycles. The van der Waals surface area contributed by atoms with Crippen LogP contribution in [0.1, 0.15) is 61.8 Å². The normalized spacial score (nSPS) is 22.5. The van der Waals surface area contributed by atoms with Gasteiger partial charge in [0.15, 0.2) is 0 Å². The van der Waals surface area contributed by atoms with Crippen LogP contribution in [0.15, 0.2) is 12.1 Å². The van der Waals surface area contributed by atoms with Crippen LogP contribution in [0.25, 0.3) is 0 Å². The summed E-state index contributed by atoms with van der Waals surface area (Å²) in [6.07, 6.45) is 4.58. The number of rotatable bonds is 5. The highest BCUT2D eigenvalue weighted by Gasteiger charge is 2.42. The molecule has 27 heavy (non-hydrogen) atoms.